The van der Waals surface area contributed by atoms with Gasteiger partial charge >= 0.3 is 5.97 Å². The van der Waals surface area contributed by atoms with Crippen molar-refractivity contribution in [3.63, 3.8) is 0 Å². The molecule has 0 aromatic heterocycles. The first-order valence-corrected chi connectivity index (χ1v) is 6.15. The summed E-state index contributed by atoms with van der Waals surface area (Å²) in [6.07, 6.45) is 1.46. The van der Waals surface area contributed by atoms with E-state index in [1.807, 2.05) is 0 Å². The van der Waals surface area contributed by atoms with Gasteiger partial charge in [-0.2, -0.15) is 0 Å². The highest BCUT2D eigenvalue weighted by Gasteiger charge is 2.35. The molecule has 1 amide bonds. The molecule has 0 N–H and O–H groups in total. The van der Waals surface area contributed by atoms with Crippen LogP contribution >= 0.6 is 11.6 Å². The van der Waals surface area contributed by atoms with Crippen molar-refractivity contribution in [2.24, 2.45) is 0 Å². The zero-order valence-electron chi connectivity index (χ0n) is 10.1. The molecule has 1 unspecified atom stereocenters. The molecule has 1 aromatic rings. The zero-order chi connectivity index (χ0) is 13.1. The maximum Gasteiger partial charge on any atom is 0.328 e. The number of nitrogens with zero attached hydrogens (tertiary/aromatic N) is 1. The minimum Gasteiger partial charge on any atom is -0.467 e. The Morgan fingerprint density at radius 2 is 2.22 bits per heavy atom. The monoisotopic (exact) mass is 267 g/mol. The fraction of sp³-hybridized carbons (Fsp3) is 0.385. The minimum absolute atomic E-state index is 0.176. The molecular weight excluding hydrogens is 254 g/mol. The third kappa shape index (κ3) is 2.48. The van der Waals surface area contributed by atoms with Crippen LogP contribution in [0.4, 0.5) is 0 Å². The van der Waals surface area contributed by atoms with E-state index in [9.17, 15) is 9.59 Å². The largest absolute Gasteiger partial charge is 0.467 e. The third-order valence-corrected chi connectivity index (χ3v) is 3.29. The molecule has 96 valence electrons. The summed E-state index contributed by atoms with van der Waals surface area (Å²) in [6.45, 7) is 0.575. The summed E-state index contributed by atoms with van der Waals surface area (Å²) in [5, 5.41) is 0.509. The Bertz CT molecular complexity index is 475. The fourth-order valence-electron chi connectivity index (χ4n) is 2.18. The van der Waals surface area contributed by atoms with Gasteiger partial charge in [0.2, 0.25) is 0 Å². The summed E-state index contributed by atoms with van der Waals surface area (Å²) >= 11 is 5.86. The van der Waals surface area contributed by atoms with E-state index in [2.05, 4.69) is 0 Å². The Hall–Kier alpha value is -1.55. The molecular formula is C13H14ClNO3. The van der Waals surface area contributed by atoms with Gasteiger partial charge in [-0.1, -0.05) is 17.7 Å². The van der Waals surface area contributed by atoms with Crippen LogP contribution in [0.25, 0.3) is 0 Å². The van der Waals surface area contributed by atoms with Crippen LogP contribution in [-0.4, -0.2) is 36.5 Å². The van der Waals surface area contributed by atoms with Crippen molar-refractivity contribution in [3.05, 3.63) is 34.9 Å². The Balaban J connectivity index is 2.20. The van der Waals surface area contributed by atoms with E-state index < -0.39 is 6.04 Å². The predicted molar refractivity (Wildman–Crippen MR) is 67.5 cm³/mol. The lowest BCUT2D eigenvalue weighted by Crippen LogP contribution is -2.41. The number of carbonyl (C=O) groups is 2. The number of esters is 1. The van der Waals surface area contributed by atoms with E-state index in [0.29, 0.717) is 23.6 Å². The highest BCUT2D eigenvalue weighted by atomic mass is 35.5. The Kier molecular flexibility index (Phi) is 3.87. The van der Waals surface area contributed by atoms with E-state index >= 15 is 0 Å². The number of halogens is 1. The van der Waals surface area contributed by atoms with Gasteiger partial charge < -0.3 is 9.64 Å². The molecule has 1 atom stereocenters. The number of amides is 1. The SMILES string of the molecule is COC(=O)C1CCCN1C(=O)c1cccc(Cl)c1. The number of benzene rings is 1. The molecule has 0 spiro atoms. The van der Waals surface area contributed by atoms with Crippen molar-refractivity contribution in [1.29, 1.82) is 0 Å². The van der Waals surface area contributed by atoms with Gasteiger partial charge in [-0.3, -0.25) is 4.79 Å². The number of hydrogen-bond acceptors (Lipinski definition) is 3. The second-order valence-corrected chi connectivity index (χ2v) is 4.63. The number of rotatable bonds is 2. The molecule has 1 aromatic carbocycles. The zero-order valence-corrected chi connectivity index (χ0v) is 10.8. The van der Waals surface area contributed by atoms with Crippen LogP contribution in [0.2, 0.25) is 5.02 Å². The molecule has 5 heteroatoms. The maximum atomic E-state index is 12.3. The van der Waals surface area contributed by atoms with Crippen LogP contribution in [0, 0.1) is 0 Å². The van der Waals surface area contributed by atoms with Crippen LogP contribution in [-0.2, 0) is 9.53 Å². The first-order valence-electron chi connectivity index (χ1n) is 5.78. The van der Waals surface area contributed by atoms with Crippen LogP contribution in [0.5, 0.6) is 0 Å². The molecule has 0 radical (unpaired) electrons. The van der Waals surface area contributed by atoms with Gasteiger partial charge in [0, 0.05) is 17.1 Å². The van der Waals surface area contributed by atoms with Crippen LogP contribution in [0.3, 0.4) is 0 Å². The van der Waals surface area contributed by atoms with E-state index in [1.54, 1.807) is 29.2 Å². The molecule has 0 aliphatic carbocycles. The maximum absolute atomic E-state index is 12.3. The van der Waals surface area contributed by atoms with Crippen LogP contribution in [0.15, 0.2) is 24.3 Å². The van der Waals surface area contributed by atoms with Crippen molar-refractivity contribution in [3.8, 4) is 0 Å². The van der Waals surface area contributed by atoms with Gasteiger partial charge in [0.05, 0.1) is 7.11 Å². The molecule has 2 rings (SSSR count). The smallest absolute Gasteiger partial charge is 0.328 e. The molecule has 1 aliphatic heterocycles. The predicted octanol–water partition coefficient (Wildman–Crippen LogP) is 2.12. The number of ether oxygens (including phenoxy) is 1. The second-order valence-electron chi connectivity index (χ2n) is 4.19. The van der Waals surface area contributed by atoms with E-state index in [1.165, 1.54) is 7.11 Å². The second kappa shape index (κ2) is 5.40. The van der Waals surface area contributed by atoms with Gasteiger partial charge in [0.15, 0.2) is 0 Å². The molecule has 1 fully saturated rings. The van der Waals surface area contributed by atoms with Crippen molar-refractivity contribution in [1.82, 2.24) is 4.90 Å². The quantitative estimate of drug-likeness (QED) is 0.771. The van der Waals surface area contributed by atoms with E-state index in [-0.39, 0.29) is 11.9 Å². The van der Waals surface area contributed by atoms with Crippen molar-refractivity contribution in [2.75, 3.05) is 13.7 Å². The lowest BCUT2D eigenvalue weighted by atomic mass is 10.1. The molecule has 4 nitrogen and oxygen atoms in total. The first-order chi connectivity index (χ1) is 8.63. The fourth-order valence-corrected chi connectivity index (χ4v) is 2.37. The molecule has 0 saturated carbocycles. The van der Waals surface area contributed by atoms with Crippen LogP contribution in [0.1, 0.15) is 23.2 Å². The molecule has 1 aliphatic rings. The topological polar surface area (TPSA) is 46.6 Å². The normalized spacial score (nSPS) is 18.8. The van der Waals surface area contributed by atoms with Crippen molar-refractivity contribution >= 4 is 23.5 Å². The number of likely N-dealkylation sites (tertiary alicyclic amines) is 1. The number of carbonyl (C=O) groups excluding carboxylic acids is 2. The summed E-state index contributed by atoms with van der Waals surface area (Å²) < 4.78 is 4.72. The van der Waals surface area contributed by atoms with E-state index in [4.69, 9.17) is 16.3 Å². The summed E-state index contributed by atoms with van der Waals surface area (Å²) in [5.74, 6) is -0.534. The summed E-state index contributed by atoms with van der Waals surface area (Å²) in [7, 11) is 1.34. The van der Waals surface area contributed by atoms with Gasteiger partial charge in [0.1, 0.15) is 6.04 Å². The number of hydrogen-bond donors (Lipinski definition) is 0. The Labute approximate surface area is 110 Å². The average molecular weight is 268 g/mol. The van der Waals surface area contributed by atoms with Crippen molar-refractivity contribution in [2.45, 2.75) is 18.9 Å². The van der Waals surface area contributed by atoms with Crippen molar-refractivity contribution < 1.29 is 14.3 Å². The van der Waals surface area contributed by atoms with Gasteiger partial charge in [0.25, 0.3) is 5.91 Å². The Morgan fingerprint density at radius 3 is 2.89 bits per heavy atom. The lowest BCUT2D eigenvalue weighted by molar-refractivity contribution is -0.145. The summed E-state index contributed by atoms with van der Waals surface area (Å²) in [6, 6.07) is 6.26. The Morgan fingerprint density at radius 1 is 1.44 bits per heavy atom. The molecule has 0 bridgehead atoms. The average Bonchev–Trinajstić information content (AvgIpc) is 2.86. The standard InChI is InChI=1S/C13H14ClNO3/c1-18-13(17)11-6-3-7-15(11)12(16)9-4-2-5-10(14)8-9/h2,4-5,8,11H,3,6-7H2,1H3. The van der Waals surface area contributed by atoms with E-state index in [0.717, 1.165) is 6.42 Å². The lowest BCUT2D eigenvalue weighted by Gasteiger charge is -2.22. The molecule has 1 heterocycles. The first kappa shape index (κ1) is 12.9. The number of methoxy groups -OCH3 is 1. The minimum atomic E-state index is -0.471. The highest BCUT2D eigenvalue weighted by Crippen LogP contribution is 2.22. The third-order valence-electron chi connectivity index (χ3n) is 3.06. The van der Waals surface area contributed by atoms with Gasteiger partial charge in [-0.25, -0.2) is 4.79 Å². The van der Waals surface area contributed by atoms with Gasteiger partial charge in [-0.05, 0) is 31.0 Å². The van der Waals surface area contributed by atoms with Crippen LogP contribution < -0.4 is 0 Å². The summed E-state index contributed by atoms with van der Waals surface area (Å²) in [5.41, 5.74) is 0.498. The highest BCUT2D eigenvalue weighted by molar-refractivity contribution is 6.31. The molecule has 18 heavy (non-hydrogen) atoms. The van der Waals surface area contributed by atoms with Gasteiger partial charge in [-0.15, -0.1) is 0 Å². The summed E-state index contributed by atoms with van der Waals surface area (Å²) in [4.78, 5) is 25.4. The molecule has 1 saturated heterocycles.